The van der Waals surface area contributed by atoms with E-state index >= 15 is 0 Å². The topological polar surface area (TPSA) is 56.8 Å². The van der Waals surface area contributed by atoms with E-state index in [0.717, 1.165) is 45.3 Å². The number of fused-ring (bicyclic) bond motifs is 1. The van der Waals surface area contributed by atoms with E-state index in [1.807, 2.05) is 47.8 Å². The van der Waals surface area contributed by atoms with Crippen LogP contribution < -0.4 is 5.48 Å². The second-order valence-corrected chi connectivity index (χ2v) is 8.46. The smallest absolute Gasteiger partial charge is 0.341 e. The Hall–Kier alpha value is -2.80. The maximum atomic E-state index is 12.2. The van der Waals surface area contributed by atoms with Gasteiger partial charge in [-0.2, -0.15) is 0 Å². The Morgan fingerprint density at radius 1 is 1.16 bits per heavy atom. The van der Waals surface area contributed by atoms with Crippen LogP contribution in [0, 0.1) is 0 Å². The van der Waals surface area contributed by atoms with Crippen LogP contribution >= 0.6 is 22.9 Å². The highest BCUT2D eigenvalue weighted by atomic mass is 35.5. The van der Waals surface area contributed by atoms with Crippen molar-refractivity contribution in [2.75, 3.05) is 14.2 Å². The Balaban J connectivity index is 1.51. The van der Waals surface area contributed by atoms with Gasteiger partial charge in [-0.15, -0.1) is 11.3 Å². The van der Waals surface area contributed by atoms with E-state index in [1.54, 1.807) is 11.3 Å². The molecule has 31 heavy (non-hydrogen) atoms. The standard InChI is InChI=1S/C24H22ClNO4S/c1-28-13-20(24(27)29-2)21-14-31-22-10-3-15(11-19(21)22)12-30-26-23(16-4-5-16)17-6-8-18(25)9-7-17/h3,6-11,13-14,26H,4-5,12H2,1-2H3. The summed E-state index contributed by atoms with van der Waals surface area (Å²) in [5, 5.41) is 3.60. The van der Waals surface area contributed by atoms with E-state index in [2.05, 4.69) is 5.48 Å². The van der Waals surface area contributed by atoms with Gasteiger partial charge in [-0.05, 0) is 53.8 Å². The zero-order valence-corrected chi connectivity index (χ0v) is 18.8. The number of halogens is 1. The number of thiophene rings is 1. The highest BCUT2D eigenvalue weighted by Gasteiger charge is 2.20. The SMILES string of the molecule is COC=C(C(=O)OC)c1csc2ccc(CONC(=C3CC3)c3ccc(Cl)cc3)cc12. The van der Waals surface area contributed by atoms with Crippen molar-refractivity contribution in [1.29, 1.82) is 0 Å². The Kier molecular flexibility index (Phi) is 6.61. The van der Waals surface area contributed by atoms with Gasteiger partial charge in [-0.3, -0.25) is 10.3 Å². The second-order valence-electron chi connectivity index (χ2n) is 7.11. The maximum Gasteiger partial charge on any atom is 0.341 e. The molecule has 0 bridgehead atoms. The normalized spacial score (nSPS) is 13.3. The fraction of sp³-hybridized carbons (Fsp3) is 0.208. The van der Waals surface area contributed by atoms with Crippen molar-refractivity contribution in [3.8, 4) is 0 Å². The highest BCUT2D eigenvalue weighted by Crippen LogP contribution is 2.36. The van der Waals surface area contributed by atoms with E-state index in [1.165, 1.54) is 26.1 Å². The summed E-state index contributed by atoms with van der Waals surface area (Å²) in [7, 11) is 2.87. The van der Waals surface area contributed by atoms with Crippen molar-refractivity contribution in [3.63, 3.8) is 0 Å². The third-order valence-electron chi connectivity index (χ3n) is 4.97. The van der Waals surface area contributed by atoms with Crippen LogP contribution in [0.25, 0.3) is 21.4 Å². The van der Waals surface area contributed by atoms with Crippen LogP contribution in [-0.2, 0) is 25.7 Å². The lowest BCUT2D eigenvalue weighted by atomic mass is 10.0. The molecule has 1 fully saturated rings. The van der Waals surface area contributed by atoms with Crippen LogP contribution in [0.5, 0.6) is 0 Å². The molecular weight excluding hydrogens is 434 g/mol. The Bertz CT molecular complexity index is 1160. The van der Waals surface area contributed by atoms with Crippen molar-refractivity contribution < 1.29 is 19.1 Å². The molecule has 0 amide bonds. The van der Waals surface area contributed by atoms with Crippen molar-refractivity contribution in [1.82, 2.24) is 5.48 Å². The predicted octanol–water partition coefficient (Wildman–Crippen LogP) is 5.94. The van der Waals surface area contributed by atoms with Gasteiger partial charge in [0.05, 0.1) is 32.8 Å². The Labute approximate surface area is 189 Å². The van der Waals surface area contributed by atoms with Gasteiger partial charge in [0.15, 0.2) is 0 Å². The van der Waals surface area contributed by atoms with Crippen LogP contribution in [0.15, 0.2) is 59.7 Å². The van der Waals surface area contributed by atoms with Crippen LogP contribution in [0.3, 0.4) is 0 Å². The molecule has 1 heterocycles. The number of hydroxylamine groups is 1. The lowest BCUT2D eigenvalue weighted by Crippen LogP contribution is -2.13. The summed E-state index contributed by atoms with van der Waals surface area (Å²) < 4.78 is 11.1. The average Bonchev–Trinajstić information content (AvgIpc) is 3.54. The van der Waals surface area contributed by atoms with Gasteiger partial charge < -0.3 is 9.47 Å². The van der Waals surface area contributed by atoms with Gasteiger partial charge in [-0.25, -0.2) is 4.79 Å². The summed E-state index contributed by atoms with van der Waals surface area (Å²) in [5.74, 6) is -0.437. The summed E-state index contributed by atoms with van der Waals surface area (Å²) in [4.78, 5) is 18.0. The molecule has 0 spiro atoms. The Morgan fingerprint density at radius 2 is 1.94 bits per heavy atom. The quantitative estimate of drug-likeness (QED) is 0.197. The first-order valence-electron chi connectivity index (χ1n) is 9.78. The molecular formula is C24H22ClNO4S. The Morgan fingerprint density at radius 3 is 2.61 bits per heavy atom. The second kappa shape index (κ2) is 9.56. The van der Waals surface area contributed by atoms with Crippen molar-refractivity contribution in [2.24, 2.45) is 0 Å². The van der Waals surface area contributed by atoms with Crippen LogP contribution in [0.2, 0.25) is 5.02 Å². The van der Waals surface area contributed by atoms with E-state index in [9.17, 15) is 4.79 Å². The van der Waals surface area contributed by atoms with Crippen molar-refractivity contribution in [3.05, 3.63) is 81.4 Å². The molecule has 0 aliphatic heterocycles. The number of methoxy groups -OCH3 is 2. The van der Waals surface area contributed by atoms with E-state index in [-0.39, 0.29) is 0 Å². The molecule has 1 aliphatic carbocycles. The number of hydrogen-bond donors (Lipinski definition) is 1. The lowest BCUT2D eigenvalue weighted by Gasteiger charge is -2.12. The first-order valence-corrected chi connectivity index (χ1v) is 11.0. The van der Waals surface area contributed by atoms with Gasteiger partial charge in [0, 0.05) is 26.1 Å². The molecule has 1 aromatic heterocycles. The largest absolute Gasteiger partial charge is 0.503 e. The monoisotopic (exact) mass is 455 g/mol. The van der Waals surface area contributed by atoms with Crippen LogP contribution in [-0.4, -0.2) is 20.2 Å². The van der Waals surface area contributed by atoms with Gasteiger partial charge in [0.1, 0.15) is 5.57 Å². The summed E-state index contributed by atoms with van der Waals surface area (Å²) in [6.07, 6.45) is 3.56. The molecule has 0 unspecified atom stereocenters. The van der Waals surface area contributed by atoms with Crippen LogP contribution in [0.4, 0.5) is 0 Å². The number of allylic oxidation sites excluding steroid dienone is 1. The summed E-state index contributed by atoms with van der Waals surface area (Å²) in [6, 6.07) is 13.8. The fourth-order valence-electron chi connectivity index (χ4n) is 3.28. The predicted molar refractivity (Wildman–Crippen MR) is 124 cm³/mol. The first-order chi connectivity index (χ1) is 15.1. The zero-order chi connectivity index (χ0) is 21.8. The number of esters is 1. The van der Waals surface area contributed by atoms with Crippen molar-refractivity contribution in [2.45, 2.75) is 19.4 Å². The zero-order valence-electron chi connectivity index (χ0n) is 17.2. The maximum absolute atomic E-state index is 12.2. The first kappa shape index (κ1) is 21.4. The van der Waals surface area contributed by atoms with Gasteiger partial charge in [0.2, 0.25) is 0 Å². The molecule has 3 aromatic rings. The van der Waals surface area contributed by atoms with E-state index < -0.39 is 5.97 Å². The molecule has 160 valence electrons. The average molecular weight is 456 g/mol. The van der Waals surface area contributed by atoms with Gasteiger partial charge in [0.25, 0.3) is 0 Å². The molecule has 2 aromatic carbocycles. The molecule has 0 atom stereocenters. The van der Waals surface area contributed by atoms with Gasteiger partial charge in [-0.1, -0.05) is 29.8 Å². The summed E-state index contributed by atoms with van der Waals surface area (Å²) in [5.41, 5.74) is 8.68. The molecule has 1 saturated carbocycles. The molecule has 4 rings (SSSR count). The van der Waals surface area contributed by atoms with Gasteiger partial charge >= 0.3 is 5.97 Å². The number of benzene rings is 2. The molecule has 1 aliphatic rings. The lowest BCUT2D eigenvalue weighted by molar-refractivity contribution is -0.133. The molecule has 1 N–H and O–H groups in total. The minimum Gasteiger partial charge on any atom is -0.503 e. The third kappa shape index (κ3) is 4.93. The molecule has 7 heteroatoms. The van der Waals surface area contributed by atoms with E-state index in [4.69, 9.17) is 25.9 Å². The highest BCUT2D eigenvalue weighted by molar-refractivity contribution is 7.17. The molecule has 0 radical (unpaired) electrons. The minimum absolute atomic E-state index is 0.372. The molecule has 0 saturated heterocycles. The van der Waals surface area contributed by atoms with Crippen LogP contribution in [0.1, 0.15) is 29.5 Å². The summed E-state index contributed by atoms with van der Waals surface area (Å²) in [6.45, 7) is 0.372. The van der Waals surface area contributed by atoms with E-state index in [0.29, 0.717) is 17.2 Å². The number of carbonyl (C=O) groups excluding carboxylic acids is 1. The third-order valence-corrected chi connectivity index (χ3v) is 6.18. The number of hydrogen-bond acceptors (Lipinski definition) is 6. The number of carbonyl (C=O) groups is 1. The van der Waals surface area contributed by atoms with Crippen molar-refractivity contribution >= 4 is 50.3 Å². The number of nitrogens with one attached hydrogen (secondary N) is 1. The summed E-state index contributed by atoms with van der Waals surface area (Å²) >= 11 is 7.58. The molecule has 5 nitrogen and oxygen atoms in total. The number of rotatable bonds is 8. The minimum atomic E-state index is -0.437. The fourth-order valence-corrected chi connectivity index (χ4v) is 4.35. The number of ether oxygens (including phenoxy) is 2.